The largest absolute Gasteiger partial charge is 0.394 e. The van der Waals surface area contributed by atoms with Crippen molar-refractivity contribution in [3.8, 4) is 0 Å². The monoisotopic (exact) mass is 295 g/mol. The molecule has 0 aromatic rings. The third-order valence-electron chi connectivity index (χ3n) is 5.47. The summed E-state index contributed by atoms with van der Waals surface area (Å²) in [4.78, 5) is 5.22. The molecule has 3 fully saturated rings. The molecule has 1 saturated carbocycles. The van der Waals surface area contributed by atoms with Gasteiger partial charge in [-0.25, -0.2) is 0 Å². The van der Waals surface area contributed by atoms with Crippen LogP contribution in [-0.4, -0.2) is 72.4 Å². The van der Waals surface area contributed by atoms with E-state index in [9.17, 15) is 5.11 Å². The quantitative estimate of drug-likeness (QED) is 0.742. The minimum atomic E-state index is -0.108. The van der Waals surface area contributed by atoms with Crippen molar-refractivity contribution >= 4 is 0 Å². The fraction of sp³-hybridized carbons (Fsp3) is 1.00. The Labute approximate surface area is 129 Å². The highest BCUT2D eigenvalue weighted by Gasteiger charge is 2.34. The molecule has 3 aliphatic rings. The van der Waals surface area contributed by atoms with E-state index >= 15 is 0 Å². The zero-order valence-electron chi connectivity index (χ0n) is 13.7. The summed E-state index contributed by atoms with van der Waals surface area (Å²) in [6.07, 6.45) is 8.05. The molecule has 21 heavy (non-hydrogen) atoms. The molecule has 1 aliphatic carbocycles. The van der Waals surface area contributed by atoms with Crippen molar-refractivity contribution in [3.05, 3.63) is 0 Å². The molecular weight excluding hydrogens is 262 g/mol. The van der Waals surface area contributed by atoms with Gasteiger partial charge in [0.1, 0.15) is 0 Å². The maximum Gasteiger partial charge on any atom is 0.0623 e. The summed E-state index contributed by atoms with van der Waals surface area (Å²) < 4.78 is 0. The van der Waals surface area contributed by atoms with Crippen LogP contribution in [0.4, 0.5) is 0 Å². The zero-order chi connectivity index (χ0) is 14.7. The van der Waals surface area contributed by atoms with Gasteiger partial charge in [-0.15, -0.1) is 0 Å². The van der Waals surface area contributed by atoms with E-state index in [0.717, 1.165) is 12.5 Å². The summed E-state index contributed by atoms with van der Waals surface area (Å²) in [6, 6.07) is 0.662. The lowest BCUT2D eigenvalue weighted by Crippen LogP contribution is -2.56. The lowest BCUT2D eigenvalue weighted by molar-refractivity contribution is 0.0884. The highest BCUT2D eigenvalue weighted by molar-refractivity contribution is 4.95. The number of aliphatic hydroxyl groups excluding tert-OH is 1. The molecule has 0 amide bonds. The molecule has 0 spiro atoms. The number of aliphatic hydroxyl groups is 1. The average molecular weight is 295 g/mol. The van der Waals surface area contributed by atoms with Gasteiger partial charge in [0.15, 0.2) is 0 Å². The van der Waals surface area contributed by atoms with Gasteiger partial charge in [-0.05, 0) is 77.5 Å². The number of piperidine rings is 1. The highest BCUT2D eigenvalue weighted by Crippen LogP contribution is 2.25. The summed E-state index contributed by atoms with van der Waals surface area (Å²) in [6.45, 7) is 9.82. The Hall–Kier alpha value is -0.160. The Balaban J connectivity index is 1.39. The average Bonchev–Trinajstić information content (AvgIpc) is 3.14. The molecule has 3 rings (SSSR count). The maximum atomic E-state index is 9.74. The Bertz CT molecular complexity index is 320. The predicted molar refractivity (Wildman–Crippen MR) is 86.5 cm³/mol. The molecule has 4 heteroatoms. The van der Waals surface area contributed by atoms with Crippen molar-refractivity contribution in [2.45, 2.75) is 57.0 Å². The third kappa shape index (κ3) is 4.65. The van der Waals surface area contributed by atoms with Crippen LogP contribution in [0, 0.1) is 5.92 Å². The van der Waals surface area contributed by atoms with Crippen LogP contribution < -0.4 is 5.32 Å². The maximum absolute atomic E-state index is 9.74. The van der Waals surface area contributed by atoms with Crippen LogP contribution in [0.3, 0.4) is 0 Å². The lowest BCUT2D eigenvalue weighted by atomic mass is 9.94. The van der Waals surface area contributed by atoms with Crippen LogP contribution in [0.15, 0.2) is 0 Å². The molecule has 122 valence electrons. The Kier molecular flexibility index (Phi) is 5.20. The van der Waals surface area contributed by atoms with E-state index in [1.54, 1.807) is 0 Å². The topological polar surface area (TPSA) is 38.7 Å². The van der Waals surface area contributed by atoms with Gasteiger partial charge in [0.25, 0.3) is 0 Å². The van der Waals surface area contributed by atoms with Crippen LogP contribution >= 0.6 is 0 Å². The second-order valence-electron chi connectivity index (χ2n) is 7.86. The van der Waals surface area contributed by atoms with Gasteiger partial charge in [-0.1, -0.05) is 0 Å². The summed E-state index contributed by atoms with van der Waals surface area (Å²) in [5, 5.41) is 13.4. The van der Waals surface area contributed by atoms with Crippen LogP contribution in [-0.2, 0) is 0 Å². The molecule has 2 aliphatic heterocycles. The first-order valence-electron chi connectivity index (χ1n) is 9.00. The standard InChI is InChI=1S/C17H33N3O/c1-17(14-21,18-16-4-5-16)13-20-10-6-15(7-11-20)12-19-8-2-3-9-19/h15-16,18,21H,2-14H2,1H3. The molecule has 4 nitrogen and oxygen atoms in total. The molecule has 0 aromatic carbocycles. The lowest BCUT2D eigenvalue weighted by Gasteiger charge is -2.39. The molecule has 0 aromatic heterocycles. The van der Waals surface area contributed by atoms with E-state index in [1.165, 1.54) is 71.2 Å². The molecule has 2 N–H and O–H groups in total. The van der Waals surface area contributed by atoms with Gasteiger partial charge in [0.05, 0.1) is 12.1 Å². The van der Waals surface area contributed by atoms with Gasteiger partial charge in [0, 0.05) is 19.1 Å². The second kappa shape index (κ2) is 6.95. The van der Waals surface area contributed by atoms with Crippen LogP contribution in [0.25, 0.3) is 0 Å². The molecule has 2 saturated heterocycles. The minimum Gasteiger partial charge on any atom is -0.394 e. The number of rotatable bonds is 7. The first-order valence-corrected chi connectivity index (χ1v) is 9.00. The SMILES string of the molecule is CC(CO)(CN1CCC(CN2CCCC2)CC1)NC1CC1. The Morgan fingerprint density at radius 1 is 1.00 bits per heavy atom. The van der Waals surface area contributed by atoms with E-state index in [4.69, 9.17) is 0 Å². The molecule has 1 atom stereocenters. The summed E-state index contributed by atoms with van der Waals surface area (Å²) in [5.41, 5.74) is -0.108. The normalized spacial score (nSPS) is 28.9. The van der Waals surface area contributed by atoms with Crippen LogP contribution in [0.2, 0.25) is 0 Å². The molecular formula is C17H33N3O. The van der Waals surface area contributed by atoms with E-state index in [1.807, 2.05) is 0 Å². The van der Waals surface area contributed by atoms with Crippen LogP contribution in [0.5, 0.6) is 0 Å². The molecule has 0 radical (unpaired) electrons. The first kappa shape index (κ1) is 15.7. The van der Waals surface area contributed by atoms with E-state index < -0.39 is 0 Å². The Morgan fingerprint density at radius 3 is 2.24 bits per heavy atom. The van der Waals surface area contributed by atoms with E-state index in [-0.39, 0.29) is 12.1 Å². The fourth-order valence-electron chi connectivity index (χ4n) is 4.01. The van der Waals surface area contributed by atoms with Gasteiger partial charge in [-0.3, -0.25) is 0 Å². The van der Waals surface area contributed by atoms with Crippen molar-refractivity contribution < 1.29 is 5.11 Å². The van der Waals surface area contributed by atoms with Gasteiger partial charge in [0.2, 0.25) is 0 Å². The fourth-order valence-corrected chi connectivity index (χ4v) is 4.01. The van der Waals surface area contributed by atoms with E-state index in [2.05, 4.69) is 22.0 Å². The second-order valence-corrected chi connectivity index (χ2v) is 7.86. The third-order valence-corrected chi connectivity index (χ3v) is 5.47. The number of nitrogens with zero attached hydrogens (tertiary/aromatic N) is 2. The van der Waals surface area contributed by atoms with Gasteiger partial charge in [-0.2, -0.15) is 0 Å². The van der Waals surface area contributed by atoms with Gasteiger partial charge < -0.3 is 20.2 Å². The summed E-state index contributed by atoms with van der Waals surface area (Å²) in [7, 11) is 0. The summed E-state index contributed by atoms with van der Waals surface area (Å²) >= 11 is 0. The molecule has 2 heterocycles. The number of hydrogen-bond acceptors (Lipinski definition) is 4. The van der Waals surface area contributed by atoms with Crippen molar-refractivity contribution in [1.82, 2.24) is 15.1 Å². The first-order chi connectivity index (χ1) is 10.2. The number of hydrogen-bond donors (Lipinski definition) is 2. The minimum absolute atomic E-state index is 0.108. The van der Waals surface area contributed by atoms with Crippen molar-refractivity contribution in [2.75, 3.05) is 45.9 Å². The molecule has 0 bridgehead atoms. The smallest absolute Gasteiger partial charge is 0.0623 e. The summed E-state index contributed by atoms with van der Waals surface area (Å²) in [5.74, 6) is 0.899. The van der Waals surface area contributed by atoms with Crippen molar-refractivity contribution in [2.24, 2.45) is 5.92 Å². The van der Waals surface area contributed by atoms with E-state index in [0.29, 0.717) is 6.04 Å². The number of nitrogens with one attached hydrogen (secondary N) is 1. The van der Waals surface area contributed by atoms with Crippen molar-refractivity contribution in [3.63, 3.8) is 0 Å². The zero-order valence-corrected chi connectivity index (χ0v) is 13.7. The number of likely N-dealkylation sites (tertiary alicyclic amines) is 2. The molecule has 1 unspecified atom stereocenters. The van der Waals surface area contributed by atoms with Crippen LogP contribution in [0.1, 0.15) is 45.4 Å². The highest BCUT2D eigenvalue weighted by atomic mass is 16.3. The van der Waals surface area contributed by atoms with Crippen molar-refractivity contribution in [1.29, 1.82) is 0 Å². The van der Waals surface area contributed by atoms with Gasteiger partial charge >= 0.3 is 0 Å². The Morgan fingerprint density at radius 2 is 1.67 bits per heavy atom. The predicted octanol–water partition coefficient (Wildman–Crippen LogP) is 1.30.